The van der Waals surface area contributed by atoms with E-state index in [0.29, 0.717) is 5.69 Å². The van der Waals surface area contributed by atoms with Crippen molar-refractivity contribution in [1.29, 1.82) is 0 Å². The van der Waals surface area contributed by atoms with Crippen LogP contribution in [0.3, 0.4) is 0 Å². The minimum atomic E-state index is -0.425. The average Bonchev–Trinajstić information content (AvgIpc) is 2.80. The minimum Gasteiger partial charge on any atom is -0.312 e. The molecule has 1 aliphatic rings. The number of imide groups is 1. The molecule has 6 heteroatoms. The summed E-state index contributed by atoms with van der Waals surface area (Å²) in [5.41, 5.74) is 0.730. The first-order chi connectivity index (χ1) is 10.7. The number of amides is 2. The molecule has 2 radical (unpaired) electrons. The molecular weight excluding hydrogens is 309 g/mol. The van der Waals surface area contributed by atoms with Gasteiger partial charge in [0.15, 0.2) is 7.85 Å². The van der Waals surface area contributed by atoms with Gasteiger partial charge < -0.3 is 4.79 Å². The van der Waals surface area contributed by atoms with E-state index < -0.39 is 5.41 Å². The van der Waals surface area contributed by atoms with E-state index in [1.54, 1.807) is 19.1 Å². The predicted molar refractivity (Wildman–Crippen MR) is 93.8 cm³/mol. The van der Waals surface area contributed by atoms with Gasteiger partial charge in [-0.2, -0.15) is 11.8 Å². The molecule has 1 heterocycles. The molecule has 0 bridgehead atoms. The highest BCUT2D eigenvalue weighted by atomic mass is 32.2. The number of hydrogen-bond donors (Lipinski definition) is 0. The monoisotopic (exact) mass is 329 g/mol. The molecule has 0 N–H and O–H groups in total. The third-order valence-electron chi connectivity index (χ3n) is 4.77. The fraction of sp³-hybridized carbons (Fsp3) is 0.471. The summed E-state index contributed by atoms with van der Waals surface area (Å²) in [4.78, 5) is 37.0. The average molecular weight is 329 g/mol. The largest absolute Gasteiger partial charge is 0.312 e. The van der Waals surface area contributed by atoms with Gasteiger partial charge >= 0.3 is 0 Å². The van der Waals surface area contributed by atoms with Gasteiger partial charge in [-0.05, 0) is 29.4 Å². The van der Waals surface area contributed by atoms with Crippen LogP contribution in [-0.4, -0.2) is 36.8 Å². The number of nitrogens with zero attached hydrogens (tertiary/aromatic N) is 1. The molecule has 1 aromatic carbocycles. The van der Waals surface area contributed by atoms with E-state index in [9.17, 15) is 14.4 Å². The number of anilines is 1. The second-order valence-electron chi connectivity index (χ2n) is 6.39. The van der Waals surface area contributed by atoms with E-state index in [4.69, 9.17) is 7.85 Å². The zero-order valence-corrected chi connectivity index (χ0v) is 14.6. The van der Waals surface area contributed by atoms with Crippen LogP contribution in [0.25, 0.3) is 0 Å². The van der Waals surface area contributed by atoms with Crippen molar-refractivity contribution in [2.75, 3.05) is 11.2 Å². The maximum atomic E-state index is 12.2. The third kappa shape index (κ3) is 3.22. The van der Waals surface area contributed by atoms with E-state index in [1.807, 2.05) is 32.2 Å². The fourth-order valence-electron chi connectivity index (χ4n) is 2.71. The molecule has 0 aromatic heterocycles. The minimum absolute atomic E-state index is 0.167. The van der Waals surface area contributed by atoms with Crippen molar-refractivity contribution in [1.82, 2.24) is 0 Å². The first-order valence-corrected chi connectivity index (χ1v) is 8.78. The highest BCUT2D eigenvalue weighted by molar-refractivity contribution is 8.00. The fourth-order valence-corrected chi connectivity index (χ4v) is 3.32. The number of rotatable bonds is 5. The normalized spacial score (nSPS) is 20.0. The van der Waals surface area contributed by atoms with Crippen molar-refractivity contribution in [2.24, 2.45) is 5.92 Å². The lowest BCUT2D eigenvalue weighted by molar-refractivity contribution is -0.121. The molecule has 0 aliphatic carbocycles. The Hall–Kier alpha value is -1.56. The summed E-state index contributed by atoms with van der Waals surface area (Å²) in [5, 5.41) is -0.298. The molecule has 0 saturated carbocycles. The van der Waals surface area contributed by atoms with Crippen molar-refractivity contribution in [3.8, 4) is 0 Å². The lowest BCUT2D eigenvalue weighted by Crippen LogP contribution is -2.33. The van der Waals surface area contributed by atoms with Gasteiger partial charge in [-0.25, -0.2) is 4.90 Å². The summed E-state index contributed by atoms with van der Waals surface area (Å²) < 4.78 is 0. The van der Waals surface area contributed by atoms with Gasteiger partial charge in [0, 0.05) is 12.3 Å². The van der Waals surface area contributed by atoms with Crippen LogP contribution in [0.2, 0.25) is 0 Å². The summed E-state index contributed by atoms with van der Waals surface area (Å²) in [6.07, 6.45) is 2.07. The number of hydrogen-bond acceptors (Lipinski definition) is 4. The van der Waals surface area contributed by atoms with Gasteiger partial charge in [-0.1, -0.05) is 32.9 Å². The molecule has 2 atom stereocenters. The van der Waals surface area contributed by atoms with Gasteiger partial charge in [-0.3, -0.25) is 9.59 Å². The van der Waals surface area contributed by atoms with Crippen LogP contribution in [-0.2, 0) is 19.8 Å². The quantitative estimate of drug-likeness (QED) is 0.614. The van der Waals surface area contributed by atoms with Gasteiger partial charge in [0.1, 0.15) is 0 Å². The SMILES string of the molecule is [B]C(=O)C(C)C(C)(C)c1ccc(N2C(=O)CC(SC)C2=O)cc1. The summed E-state index contributed by atoms with van der Waals surface area (Å²) >= 11 is 1.39. The Morgan fingerprint density at radius 2 is 1.87 bits per heavy atom. The standard InChI is InChI=1S/C17H20BNO3S/c1-10(15(18)21)17(2,3)11-5-7-12(8-6-11)19-14(20)9-13(23-4)16(19)22/h5-8,10,13H,9H2,1-4H3. The van der Waals surface area contributed by atoms with Crippen LogP contribution < -0.4 is 4.90 Å². The van der Waals surface area contributed by atoms with Gasteiger partial charge in [0.2, 0.25) is 11.8 Å². The van der Waals surface area contributed by atoms with Gasteiger partial charge in [0.25, 0.3) is 0 Å². The van der Waals surface area contributed by atoms with Gasteiger partial charge in [0.05, 0.1) is 16.6 Å². The molecule has 1 fully saturated rings. The summed E-state index contributed by atoms with van der Waals surface area (Å²) in [5.74, 6) is -0.670. The van der Waals surface area contributed by atoms with Crippen molar-refractivity contribution in [3.05, 3.63) is 29.8 Å². The van der Waals surface area contributed by atoms with E-state index in [0.717, 1.165) is 5.56 Å². The Balaban J connectivity index is 2.28. The smallest absolute Gasteiger partial charge is 0.247 e. The van der Waals surface area contributed by atoms with Crippen LogP contribution in [0, 0.1) is 5.92 Å². The Labute approximate surface area is 142 Å². The number of benzene rings is 1. The third-order valence-corrected chi connectivity index (χ3v) is 5.71. The molecule has 1 aliphatic heterocycles. The van der Waals surface area contributed by atoms with E-state index >= 15 is 0 Å². The van der Waals surface area contributed by atoms with Gasteiger partial charge in [-0.15, -0.1) is 0 Å². The number of thioether (sulfide) groups is 1. The molecule has 2 rings (SSSR count). The van der Waals surface area contributed by atoms with Crippen molar-refractivity contribution < 1.29 is 14.4 Å². The molecule has 2 amide bonds. The predicted octanol–water partition coefficient (Wildman–Crippen LogP) is 2.29. The van der Waals surface area contributed by atoms with Crippen molar-refractivity contribution in [2.45, 2.75) is 37.9 Å². The second-order valence-corrected chi connectivity index (χ2v) is 7.43. The Bertz CT molecular complexity index is 642. The zero-order chi connectivity index (χ0) is 17.4. The summed E-state index contributed by atoms with van der Waals surface area (Å²) in [6, 6.07) is 7.20. The molecule has 2 unspecified atom stereocenters. The number of carbonyl (C=O) groups excluding carboxylic acids is 3. The molecule has 1 saturated heterocycles. The second kappa shape index (κ2) is 6.52. The Morgan fingerprint density at radius 1 is 1.30 bits per heavy atom. The molecule has 120 valence electrons. The first kappa shape index (κ1) is 17.8. The van der Waals surface area contributed by atoms with Crippen LogP contribution >= 0.6 is 11.8 Å². The van der Waals surface area contributed by atoms with Crippen molar-refractivity contribution in [3.63, 3.8) is 0 Å². The summed E-state index contributed by atoms with van der Waals surface area (Å²) in [7, 11) is 5.42. The highest BCUT2D eigenvalue weighted by Gasteiger charge is 2.39. The van der Waals surface area contributed by atoms with Crippen molar-refractivity contribution >= 4 is 42.8 Å². The topological polar surface area (TPSA) is 54.5 Å². The van der Waals surface area contributed by atoms with E-state index in [1.165, 1.54) is 16.7 Å². The highest BCUT2D eigenvalue weighted by Crippen LogP contribution is 2.34. The van der Waals surface area contributed by atoms with E-state index in [2.05, 4.69) is 0 Å². The zero-order valence-electron chi connectivity index (χ0n) is 13.8. The Morgan fingerprint density at radius 3 is 2.30 bits per heavy atom. The van der Waals surface area contributed by atoms with Crippen LogP contribution in [0.1, 0.15) is 32.8 Å². The Kier molecular flexibility index (Phi) is 5.04. The summed E-state index contributed by atoms with van der Waals surface area (Å²) in [6.45, 7) is 5.70. The maximum absolute atomic E-state index is 12.2. The lowest BCUT2D eigenvalue weighted by atomic mass is 9.68. The molecular formula is C17H20BNO3S. The van der Waals surface area contributed by atoms with Crippen LogP contribution in [0.15, 0.2) is 24.3 Å². The molecule has 4 nitrogen and oxygen atoms in total. The molecule has 0 spiro atoms. The molecule has 1 aromatic rings. The first-order valence-electron chi connectivity index (χ1n) is 7.49. The number of carbonyl (C=O) groups is 3. The van der Waals surface area contributed by atoms with E-state index in [-0.39, 0.29) is 35.1 Å². The molecule has 23 heavy (non-hydrogen) atoms. The van der Waals surface area contributed by atoms with Crippen LogP contribution in [0.4, 0.5) is 5.69 Å². The maximum Gasteiger partial charge on any atom is 0.247 e. The lowest BCUT2D eigenvalue weighted by Gasteiger charge is -2.31. The van der Waals surface area contributed by atoms with Crippen LogP contribution in [0.5, 0.6) is 0 Å².